The minimum atomic E-state index is -1.17. The van der Waals surface area contributed by atoms with E-state index in [4.69, 9.17) is 14.6 Å². The van der Waals surface area contributed by atoms with Crippen LogP contribution in [0.4, 0.5) is 0 Å². The molecule has 204 valence electrons. The number of fused-ring (bicyclic) bond motifs is 1. The van der Waals surface area contributed by atoms with Crippen LogP contribution in [0, 0.1) is 5.41 Å². The first kappa shape index (κ1) is 28.2. The number of aliphatic hydroxyl groups is 1. The first-order valence-corrected chi connectivity index (χ1v) is 17.4. The number of benzene rings is 1. The smallest absolute Gasteiger partial charge is 0.310 e. The molecule has 0 spiro atoms. The number of pyridine rings is 1. The lowest BCUT2D eigenvalue weighted by Gasteiger charge is -2.21. The first-order valence-electron chi connectivity index (χ1n) is 12.9. The number of hydrogen-bond donors (Lipinski definition) is 1. The van der Waals surface area contributed by atoms with Gasteiger partial charge >= 0.3 is 4.87 Å². The Morgan fingerprint density at radius 1 is 1.16 bits per heavy atom. The van der Waals surface area contributed by atoms with Crippen LogP contribution in [-0.4, -0.2) is 52.3 Å². The van der Waals surface area contributed by atoms with Gasteiger partial charge in [-0.3, -0.25) is 9.36 Å². The van der Waals surface area contributed by atoms with Gasteiger partial charge in [-0.1, -0.05) is 57.8 Å². The second-order valence-electron chi connectivity index (χ2n) is 11.7. The van der Waals surface area contributed by atoms with E-state index < -0.39 is 8.07 Å². The number of aliphatic hydroxyl groups excluding tert-OH is 1. The second-order valence-corrected chi connectivity index (χ2v) is 18.4. The zero-order valence-electron chi connectivity index (χ0n) is 23.1. The molecule has 0 fully saturated rings. The van der Waals surface area contributed by atoms with Crippen LogP contribution in [0.25, 0.3) is 16.0 Å². The summed E-state index contributed by atoms with van der Waals surface area (Å²) in [5, 5.41) is 14.2. The minimum Gasteiger partial charge on any atom is -0.491 e. The van der Waals surface area contributed by atoms with E-state index in [1.165, 1.54) is 11.3 Å². The largest absolute Gasteiger partial charge is 0.491 e. The lowest BCUT2D eigenvalue weighted by Crippen LogP contribution is -2.25. The highest BCUT2D eigenvalue weighted by Crippen LogP contribution is 2.28. The van der Waals surface area contributed by atoms with Crippen LogP contribution in [0.1, 0.15) is 37.9 Å². The number of thiazole rings is 1. The topological polar surface area (TPSA) is 91.4 Å². The second kappa shape index (κ2) is 11.5. The Hall–Kier alpha value is -2.79. The van der Waals surface area contributed by atoms with Gasteiger partial charge in [-0.25, -0.2) is 9.67 Å². The van der Waals surface area contributed by atoms with Gasteiger partial charge in [-0.15, -0.1) is 0 Å². The van der Waals surface area contributed by atoms with E-state index in [0.29, 0.717) is 31.5 Å². The Bertz CT molecular complexity index is 1420. The Kier molecular flexibility index (Phi) is 8.56. The monoisotopic (exact) mass is 554 g/mol. The summed E-state index contributed by atoms with van der Waals surface area (Å²) in [6, 6.07) is 12.9. The predicted molar refractivity (Wildman–Crippen MR) is 155 cm³/mol. The number of hydrogen-bond acceptors (Lipinski definition) is 7. The fourth-order valence-corrected chi connectivity index (χ4v) is 5.48. The van der Waals surface area contributed by atoms with Crippen LogP contribution in [0.3, 0.4) is 0 Å². The van der Waals surface area contributed by atoms with E-state index in [0.717, 1.165) is 27.5 Å². The molecule has 0 saturated heterocycles. The fourth-order valence-electron chi connectivity index (χ4n) is 3.79. The number of rotatable bonds is 12. The first-order chi connectivity index (χ1) is 18.0. The molecule has 38 heavy (non-hydrogen) atoms. The molecule has 4 aromatic rings. The molecule has 1 aromatic carbocycles. The van der Waals surface area contributed by atoms with E-state index in [2.05, 4.69) is 43.7 Å². The number of ether oxygens (including phenoxy) is 2. The lowest BCUT2D eigenvalue weighted by atomic mass is 9.97. The van der Waals surface area contributed by atoms with Crippen molar-refractivity contribution in [3.8, 4) is 11.6 Å². The molecular weight excluding hydrogens is 516 g/mol. The van der Waals surface area contributed by atoms with Gasteiger partial charge in [-0.2, -0.15) is 5.10 Å². The SMILES string of the molecule is CC(c1ccc2c(c1)sc(=O)n2COCC[Si](C)(C)C)c1ccn(-c2ccc(OCC(C)(C)CO)cn2)n1. The average Bonchev–Trinajstić information content (AvgIpc) is 3.49. The van der Waals surface area contributed by atoms with Crippen LogP contribution < -0.4 is 9.61 Å². The summed E-state index contributed by atoms with van der Waals surface area (Å²) in [4.78, 5) is 17.1. The number of nitrogens with zero attached hydrogens (tertiary/aromatic N) is 4. The van der Waals surface area contributed by atoms with Gasteiger partial charge in [0.05, 0.1) is 35.3 Å². The van der Waals surface area contributed by atoms with Gasteiger partial charge in [0, 0.05) is 32.2 Å². The van der Waals surface area contributed by atoms with Crippen molar-refractivity contribution in [2.24, 2.45) is 5.41 Å². The van der Waals surface area contributed by atoms with E-state index in [1.54, 1.807) is 15.4 Å². The lowest BCUT2D eigenvalue weighted by molar-refractivity contribution is 0.0888. The summed E-state index contributed by atoms with van der Waals surface area (Å²) in [7, 11) is -1.17. The van der Waals surface area contributed by atoms with Crippen molar-refractivity contribution in [1.29, 1.82) is 0 Å². The molecule has 8 nitrogen and oxygen atoms in total. The summed E-state index contributed by atoms with van der Waals surface area (Å²) in [5.74, 6) is 1.39. The minimum absolute atomic E-state index is 0.000472. The van der Waals surface area contributed by atoms with Crippen LogP contribution in [0.5, 0.6) is 5.75 Å². The molecule has 0 amide bonds. The van der Waals surface area contributed by atoms with Gasteiger partial charge in [0.25, 0.3) is 0 Å². The van der Waals surface area contributed by atoms with Crippen LogP contribution in [-0.2, 0) is 11.5 Å². The van der Waals surface area contributed by atoms with Gasteiger partial charge in [0.2, 0.25) is 0 Å². The van der Waals surface area contributed by atoms with Crippen LogP contribution in [0.2, 0.25) is 25.7 Å². The molecule has 3 aromatic heterocycles. The van der Waals surface area contributed by atoms with Crippen LogP contribution >= 0.6 is 11.3 Å². The third-order valence-electron chi connectivity index (χ3n) is 6.48. The summed E-state index contributed by atoms with van der Waals surface area (Å²) >= 11 is 1.25. The quantitative estimate of drug-likeness (QED) is 0.184. The van der Waals surface area contributed by atoms with E-state index >= 15 is 0 Å². The maximum absolute atomic E-state index is 12.6. The molecule has 0 aliphatic carbocycles. The molecule has 10 heteroatoms. The molecular formula is C28H38N4O4SSi. The van der Waals surface area contributed by atoms with Crippen molar-refractivity contribution in [2.75, 3.05) is 19.8 Å². The Morgan fingerprint density at radius 2 is 1.95 bits per heavy atom. The molecule has 0 bridgehead atoms. The fraction of sp³-hybridized carbons (Fsp3) is 0.464. The Morgan fingerprint density at radius 3 is 2.63 bits per heavy atom. The van der Waals surface area contributed by atoms with E-state index in [9.17, 15) is 9.90 Å². The highest BCUT2D eigenvalue weighted by atomic mass is 32.1. The zero-order valence-corrected chi connectivity index (χ0v) is 24.9. The molecule has 4 rings (SSSR count). The van der Waals surface area contributed by atoms with E-state index in [1.807, 2.05) is 44.3 Å². The van der Waals surface area contributed by atoms with Gasteiger partial charge in [0.1, 0.15) is 12.5 Å². The highest BCUT2D eigenvalue weighted by molar-refractivity contribution is 7.16. The molecule has 0 aliphatic heterocycles. The zero-order chi connectivity index (χ0) is 27.5. The Balaban J connectivity index is 1.44. The molecule has 0 aliphatic rings. The van der Waals surface area contributed by atoms with Crippen molar-refractivity contribution in [3.05, 3.63) is 69.7 Å². The molecule has 1 N–H and O–H groups in total. The van der Waals surface area contributed by atoms with Crippen molar-refractivity contribution in [3.63, 3.8) is 0 Å². The Labute approximate surface area is 228 Å². The molecule has 3 heterocycles. The summed E-state index contributed by atoms with van der Waals surface area (Å²) in [6.45, 7) is 14.4. The molecule has 1 atom stereocenters. The van der Waals surface area contributed by atoms with Gasteiger partial charge in [-0.05, 0) is 41.9 Å². The van der Waals surface area contributed by atoms with Gasteiger partial charge < -0.3 is 14.6 Å². The van der Waals surface area contributed by atoms with Crippen LogP contribution in [0.15, 0.2) is 53.6 Å². The summed E-state index contributed by atoms with van der Waals surface area (Å²) in [5.41, 5.74) is 2.61. The third-order valence-corrected chi connectivity index (χ3v) is 9.12. The van der Waals surface area contributed by atoms with E-state index in [-0.39, 0.29) is 22.8 Å². The third kappa shape index (κ3) is 6.99. The molecule has 0 saturated carbocycles. The predicted octanol–water partition coefficient (Wildman–Crippen LogP) is 5.51. The average molecular weight is 555 g/mol. The normalized spacial score (nSPS) is 13.2. The van der Waals surface area contributed by atoms with Crippen molar-refractivity contribution in [1.82, 2.24) is 19.3 Å². The van der Waals surface area contributed by atoms with Crippen molar-refractivity contribution < 1.29 is 14.6 Å². The number of aromatic nitrogens is 4. The van der Waals surface area contributed by atoms with Crippen molar-refractivity contribution >= 4 is 29.6 Å². The van der Waals surface area contributed by atoms with Crippen molar-refractivity contribution in [2.45, 2.75) is 59.1 Å². The molecule has 1 unspecified atom stereocenters. The standard InChI is InChI=1S/C28H38N4O4SSi/c1-20(21-7-9-24-25(15-21)37-27(34)31(24)19-35-13-14-38(4,5)6)23-11-12-32(30-23)26-10-8-22(16-29-26)36-18-28(2,3)17-33/h7-12,15-16,20,33H,13-14,17-19H2,1-6H3. The maximum Gasteiger partial charge on any atom is 0.310 e. The molecule has 0 radical (unpaired) electrons. The maximum atomic E-state index is 12.6. The van der Waals surface area contributed by atoms with Gasteiger partial charge in [0.15, 0.2) is 5.82 Å². The summed E-state index contributed by atoms with van der Waals surface area (Å²) in [6.07, 6.45) is 3.57. The summed E-state index contributed by atoms with van der Waals surface area (Å²) < 4.78 is 16.0. The highest BCUT2D eigenvalue weighted by Gasteiger charge is 2.18.